The molecule has 162 valence electrons. The molecule has 1 aromatic heterocycles. The minimum Gasteiger partial charge on any atom is -0.490 e. The van der Waals surface area contributed by atoms with Crippen molar-refractivity contribution in [3.05, 3.63) is 68.9 Å². The Kier molecular flexibility index (Phi) is 5.67. The fourth-order valence-electron chi connectivity index (χ4n) is 3.92. The second-order valence-corrected chi connectivity index (χ2v) is 8.39. The molecule has 0 saturated heterocycles. The lowest BCUT2D eigenvalue weighted by molar-refractivity contribution is -0.119. The molecule has 0 atom stereocenters. The van der Waals surface area contributed by atoms with Crippen molar-refractivity contribution in [2.45, 2.75) is 40.3 Å². The van der Waals surface area contributed by atoms with E-state index in [1.54, 1.807) is 29.2 Å². The highest BCUT2D eigenvalue weighted by atomic mass is 16.5. The average molecular weight is 421 g/mol. The molecule has 7 nitrogen and oxygen atoms in total. The number of rotatable bonds is 5. The van der Waals surface area contributed by atoms with Gasteiger partial charge in [0.25, 0.3) is 5.56 Å². The lowest BCUT2D eigenvalue weighted by Gasteiger charge is -2.30. The Morgan fingerprint density at radius 1 is 1.10 bits per heavy atom. The van der Waals surface area contributed by atoms with E-state index in [0.29, 0.717) is 54.4 Å². The Morgan fingerprint density at radius 2 is 1.87 bits per heavy atom. The summed E-state index contributed by atoms with van der Waals surface area (Å²) in [5, 5.41) is 0.442. The number of fused-ring (bicyclic) bond motifs is 2. The number of hydrogen-bond acceptors (Lipinski definition) is 4. The van der Waals surface area contributed by atoms with Gasteiger partial charge < -0.3 is 9.64 Å². The largest absolute Gasteiger partial charge is 0.490 e. The van der Waals surface area contributed by atoms with Gasteiger partial charge in [-0.15, -0.1) is 0 Å². The zero-order valence-corrected chi connectivity index (χ0v) is 18.1. The van der Waals surface area contributed by atoms with Crippen molar-refractivity contribution < 1.29 is 9.53 Å². The van der Waals surface area contributed by atoms with Crippen molar-refractivity contribution in [2.24, 2.45) is 5.92 Å². The molecule has 2 aromatic carbocycles. The zero-order valence-electron chi connectivity index (χ0n) is 18.1. The van der Waals surface area contributed by atoms with Crippen molar-refractivity contribution >= 4 is 22.5 Å². The number of nitrogens with zero attached hydrogens (tertiary/aromatic N) is 3. The highest BCUT2D eigenvalue weighted by Crippen LogP contribution is 2.32. The molecule has 2 heterocycles. The molecular formula is C24H27N3O4. The SMILES string of the molecule is Cc1ccc2c(c1)N(C(=O)Cn1c(=O)n(CCC(C)C)c(=O)c3ccccc31)CCO2. The Labute approximate surface area is 180 Å². The number of para-hydroxylation sites is 1. The summed E-state index contributed by atoms with van der Waals surface area (Å²) in [5.41, 5.74) is 1.45. The summed E-state index contributed by atoms with van der Waals surface area (Å²) >= 11 is 0. The second kappa shape index (κ2) is 8.41. The number of hydrogen-bond donors (Lipinski definition) is 0. The summed E-state index contributed by atoms with van der Waals surface area (Å²) in [6.45, 7) is 7.04. The number of aromatic nitrogens is 2. The van der Waals surface area contributed by atoms with Crippen LogP contribution in [0.4, 0.5) is 5.69 Å². The third-order valence-corrected chi connectivity index (χ3v) is 5.63. The van der Waals surface area contributed by atoms with Crippen LogP contribution in [0.25, 0.3) is 10.9 Å². The maximum atomic E-state index is 13.3. The lowest BCUT2D eigenvalue weighted by atomic mass is 10.1. The van der Waals surface area contributed by atoms with Gasteiger partial charge in [-0.05, 0) is 49.1 Å². The van der Waals surface area contributed by atoms with E-state index in [-0.39, 0.29) is 18.0 Å². The van der Waals surface area contributed by atoms with Crippen LogP contribution in [0, 0.1) is 12.8 Å². The first kappa shape index (κ1) is 20.9. The highest BCUT2D eigenvalue weighted by molar-refractivity contribution is 5.96. The fraction of sp³-hybridized carbons (Fsp3) is 0.375. The molecule has 4 rings (SSSR count). The molecule has 7 heteroatoms. The Morgan fingerprint density at radius 3 is 2.65 bits per heavy atom. The normalized spacial score (nSPS) is 13.4. The molecule has 0 fully saturated rings. The van der Waals surface area contributed by atoms with Crippen LogP contribution in [0.5, 0.6) is 5.75 Å². The van der Waals surface area contributed by atoms with Gasteiger partial charge in [-0.3, -0.25) is 18.7 Å². The maximum absolute atomic E-state index is 13.3. The Hall–Kier alpha value is -3.35. The molecule has 1 aliphatic heterocycles. The van der Waals surface area contributed by atoms with E-state index in [0.717, 1.165) is 5.56 Å². The minimum atomic E-state index is -0.449. The van der Waals surface area contributed by atoms with Crippen molar-refractivity contribution in [3.8, 4) is 5.75 Å². The number of carbonyl (C=O) groups is 1. The van der Waals surface area contributed by atoms with Gasteiger partial charge in [0.15, 0.2) is 0 Å². The molecule has 1 amide bonds. The summed E-state index contributed by atoms with van der Waals surface area (Å²) in [6, 6.07) is 12.7. The number of anilines is 1. The summed E-state index contributed by atoms with van der Waals surface area (Å²) < 4.78 is 8.36. The third-order valence-electron chi connectivity index (χ3n) is 5.63. The monoisotopic (exact) mass is 421 g/mol. The van der Waals surface area contributed by atoms with Crippen LogP contribution in [0.2, 0.25) is 0 Å². The molecule has 31 heavy (non-hydrogen) atoms. The third kappa shape index (κ3) is 4.00. The van der Waals surface area contributed by atoms with Crippen LogP contribution in [-0.4, -0.2) is 28.2 Å². The van der Waals surface area contributed by atoms with Crippen molar-refractivity contribution in [1.82, 2.24) is 9.13 Å². The summed E-state index contributed by atoms with van der Waals surface area (Å²) in [6.07, 6.45) is 0.706. The quantitative estimate of drug-likeness (QED) is 0.635. The molecule has 0 unspecified atom stereocenters. The van der Waals surface area contributed by atoms with Crippen LogP contribution in [0.1, 0.15) is 25.8 Å². The van der Waals surface area contributed by atoms with Gasteiger partial charge in [0.1, 0.15) is 18.9 Å². The van der Waals surface area contributed by atoms with Crippen LogP contribution >= 0.6 is 0 Å². The number of amides is 1. The summed E-state index contributed by atoms with van der Waals surface area (Å²) in [4.78, 5) is 41.2. The number of benzene rings is 2. The Bertz CT molecular complexity index is 1260. The van der Waals surface area contributed by atoms with Gasteiger partial charge in [0.05, 0.1) is 23.1 Å². The highest BCUT2D eigenvalue weighted by Gasteiger charge is 2.25. The van der Waals surface area contributed by atoms with Gasteiger partial charge in [0, 0.05) is 6.54 Å². The molecule has 0 radical (unpaired) electrons. The van der Waals surface area contributed by atoms with Crippen molar-refractivity contribution in [2.75, 3.05) is 18.1 Å². The lowest BCUT2D eigenvalue weighted by Crippen LogP contribution is -2.45. The van der Waals surface area contributed by atoms with Crippen LogP contribution in [0.15, 0.2) is 52.1 Å². The number of aryl methyl sites for hydroxylation is 1. The van der Waals surface area contributed by atoms with Gasteiger partial charge in [-0.25, -0.2) is 4.79 Å². The maximum Gasteiger partial charge on any atom is 0.331 e. The van der Waals surface area contributed by atoms with Crippen LogP contribution in [-0.2, 0) is 17.9 Å². The van der Waals surface area contributed by atoms with Gasteiger partial charge >= 0.3 is 5.69 Å². The first-order valence-electron chi connectivity index (χ1n) is 10.6. The topological polar surface area (TPSA) is 73.5 Å². The molecule has 0 aliphatic carbocycles. The smallest absolute Gasteiger partial charge is 0.331 e. The van der Waals surface area contributed by atoms with Gasteiger partial charge in [-0.2, -0.15) is 0 Å². The zero-order chi connectivity index (χ0) is 22.1. The predicted octanol–water partition coefficient (Wildman–Crippen LogP) is 2.94. The van der Waals surface area contributed by atoms with E-state index in [2.05, 4.69) is 0 Å². The fourth-order valence-corrected chi connectivity index (χ4v) is 3.92. The number of carbonyl (C=O) groups excluding carboxylic acids is 1. The van der Waals surface area contributed by atoms with Crippen molar-refractivity contribution in [3.63, 3.8) is 0 Å². The van der Waals surface area contributed by atoms with E-state index < -0.39 is 5.69 Å². The Balaban J connectivity index is 1.77. The first-order valence-corrected chi connectivity index (χ1v) is 10.6. The standard InChI is InChI=1S/C24H27N3O4/c1-16(2)10-11-26-23(29)18-6-4-5-7-19(18)27(24(26)30)15-22(28)25-12-13-31-21-9-8-17(3)14-20(21)25/h4-9,14,16H,10-13,15H2,1-3H3. The van der Waals surface area contributed by atoms with E-state index in [9.17, 15) is 14.4 Å². The summed E-state index contributed by atoms with van der Waals surface area (Å²) in [5.74, 6) is 0.793. The average Bonchev–Trinajstić information content (AvgIpc) is 2.75. The molecule has 0 N–H and O–H groups in total. The van der Waals surface area contributed by atoms with E-state index >= 15 is 0 Å². The number of ether oxygens (including phenoxy) is 1. The minimum absolute atomic E-state index is 0.144. The molecule has 0 bridgehead atoms. The van der Waals surface area contributed by atoms with Gasteiger partial charge in [-0.1, -0.05) is 32.0 Å². The molecule has 0 saturated carbocycles. The molecular weight excluding hydrogens is 394 g/mol. The molecule has 1 aliphatic rings. The molecule has 0 spiro atoms. The second-order valence-electron chi connectivity index (χ2n) is 8.39. The van der Waals surface area contributed by atoms with Crippen molar-refractivity contribution in [1.29, 1.82) is 0 Å². The summed E-state index contributed by atoms with van der Waals surface area (Å²) in [7, 11) is 0. The van der Waals surface area contributed by atoms with Gasteiger partial charge in [0.2, 0.25) is 5.91 Å². The van der Waals surface area contributed by atoms with Crippen LogP contribution < -0.4 is 20.9 Å². The molecule has 3 aromatic rings. The van der Waals surface area contributed by atoms with E-state index in [1.165, 1.54) is 9.13 Å². The first-order chi connectivity index (χ1) is 14.9. The van der Waals surface area contributed by atoms with E-state index in [1.807, 2.05) is 39.0 Å². The van der Waals surface area contributed by atoms with E-state index in [4.69, 9.17) is 4.74 Å². The van der Waals surface area contributed by atoms with Crippen LogP contribution in [0.3, 0.4) is 0 Å². The predicted molar refractivity (Wildman–Crippen MR) is 121 cm³/mol.